The van der Waals surface area contributed by atoms with E-state index in [0.717, 1.165) is 0 Å². The highest BCUT2D eigenvalue weighted by molar-refractivity contribution is 6.08. The third-order valence-electron chi connectivity index (χ3n) is 21.3. The van der Waals surface area contributed by atoms with Gasteiger partial charge in [0.15, 0.2) is 0 Å². The minimum atomic E-state index is 0.151. The van der Waals surface area contributed by atoms with E-state index in [1.165, 1.54) is 205 Å². The van der Waals surface area contributed by atoms with Crippen LogP contribution in [0.1, 0.15) is 310 Å². The normalized spacial score (nSPS) is 11.5. The molecular weight excluding hydrogens is 1490 g/mol. The first-order valence-electron chi connectivity index (χ1n) is 48.9. The Morgan fingerprint density at radius 3 is 1.05 bits per heavy atom. The molecule has 0 bridgehead atoms. The standard InChI is InChI=1S/C16H16.C15H12.C11H14.C11H10.C11H14.C11H10.2C10H12.C7H8.11C2H6/c1-11-8-9-13-12-6-4-5-7-14(12)16(2,3)15(13)10-11;1-11-10-12-6-2-3-8-14(12)15-9-5-4-7-13(11)15;2*1-9-5-4-7-10-6-2-3-8-11(9)10;2*1-9-6-7-10-4-2-3-5-11(10)8-9;1-8-4-2-5-9-6-3-7-10(8)9;1-8-5-6-9-3-2-4-10(9)7-8;1-7-5-3-2-4-6-7;11*1-2/h4-10H,1-3H3;2-10H,1H3;4-5,7H,2-3,6,8H2,1H3;2-8H,1H3;6-8H,2-5H2,1H3;2-8H,1H3;2,4-5H,3,6-7H2,1H3;5-7H,2-4H2,1H3;2-6H,1H3;11*1-2H3. The number of aryl methyl sites for hydroxylation is 15. The van der Waals surface area contributed by atoms with Crippen LogP contribution in [0.3, 0.4) is 0 Å². The second-order valence-corrected chi connectivity index (χ2v) is 29.6. The van der Waals surface area contributed by atoms with E-state index >= 15 is 0 Å². The summed E-state index contributed by atoms with van der Waals surface area (Å²) < 4.78 is 0. The second kappa shape index (κ2) is 68.5. The van der Waals surface area contributed by atoms with Gasteiger partial charge in [0.25, 0.3) is 0 Å². The Balaban J connectivity index is 0.00000134. The molecule has 0 aliphatic heterocycles. The molecule has 14 aromatic rings. The third kappa shape index (κ3) is 37.1. The molecule has 670 valence electrons. The van der Waals surface area contributed by atoms with E-state index in [1.54, 1.807) is 44.5 Å². The quantitative estimate of drug-likeness (QED) is 0.133. The molecule has 0 radical (unpaired) electrons. The molecule has 0 nitrogen and oxygen atoms in total. The summed E-state index contributed by atoms with van der Waals surface area (Å²) in [6.07, 6.45) is 18.7. The predicted octanol–water partition coefficient (Wildman–Crippen LogP) is 38.9. The molecule has 124 heavy (non-hydrogen) atoms. The van der Waals surface area contributed by atoms with Crippen LogP contribution < -0.4 is 0 Å². The zero-order valence-corrected chi connectivity index (χ0v) is 85.0. The SMILES string of the molecule is CC.CC.CC.CC.CC.CC.CC.CC.CC.CC.CC.Cc1cc2ccccc2c2ccccc12.Cc1ccc2c(c1)C(C)(C)c1ccccc1-2.Cc1ccc2c(c1)CCC2.Cc1ccc2c(c1)CCCC2.Cc1ccc2ccccc2c1.Cc1cccc2c1CCC2.Cc1cccc2c1CCCC2.Cc1cccc2ccccc12.Cc1ccccc1. The van der Waals surface area contributed by atoms with Gasteiger partial charge in [-0.3, -0.25) is 0 Å². The fraction of sp³-hybridized carbons (Fsp3) is 0.387. The van der Waals surface area contributed by atoms with Crippen LogP contribution in [0, 0.1) is 62.3 Å². The first-order chi connectivity index (χ1) is 60.6. The largest absolute Gasteiger partial charge is 0.0683 e. The summed E-state index contributed by atoms with van der Waals surface area (Å²) in [5, 5.41) is 10.7. The maximum Gasteiger partial charge on any atom is 0.0158 e. The van der Waals surface area contributed by atoms with Crippen molar-refractivity contribution in [3.63, 3.8) is 0 Å². The van der Waals surface area contributed by atoms with E-state index in [-0.39, 0.29) is 5.41 Å². The van der Waals surface area contributed by atoms with Crippen LogP contribution >= 0.6 is 0 Å². The lowest BCUT2D eigenvalue weighted by atomic mass is 9.82. The lowest BCUT2D eigenvalue weighted by Gasteiger charge is -2.21. The first kappa shape index (κ1) is 114. The molecule has 0 heterocycles. The van der Waals surface area contributed by atoms with Gasteiger partial charge in [-0.25, -0.2) is 0 Å². The topological polar surface area (TPSA) is 0 Å². The Morgan fingerprint density at radius 1 is 0.177 bits per heavy atom. The maximum absolute atomic E-state index is 2.34. The van der Waals surface area contributed by atoms with Crippen molar-refractivity contribution in [2.75, 3.05) is 0 Å². The van der Waals surface area contributed by atoms with Gasteiger partial charge in [0.1, 0.15) is 0 Å². The molecule has 5 aliphatic carbocycles. The van der Waals surface area contributed by atoms with Crippen molar-refractivity contribution < 1.29 is 0 Å². The van der Waals surface area contributed by atoms with Crippen molar-refractivity contribution in [1.82, 2.24) is 0 Å². The van der Waals surface area contributed by atoms with E-state index < -0.39 is 0 Å². The molecule has 0 unspecified atom stereocenters. The molecule has 0 heteroatoms. The highest BCUT2D eigenvalue weighted by atomic mass is 14.4. The van der Waals surface area contributed by atoms with E-state index in [9.17, 15) is 0 Å². The highest BCUT2D eigenvalue weighted by Gasteiger charge is 2.35. The van der Waals surface area contributed by atoms with Gasteiger partial charge in [-0.15, -0.1) is 0 Å². The molecule has 0 amide bonds. The fourth-order valence-corrected chi connectivity index (χ4v) is 15.6. The minimum Gasteiger partial charge on any atom is -0.0683 e. The van der Waals surface area contributed by atoms with Gasteiger partial charge in [-0.05, 0) is 284 Å². The molecule has 5 aliphatic rings. The average Bonchev–Trinajstić information content (AvgIpc) is 1.58. The molecule has 0 saturated carbocycles. The Kier molecular flexibility index (Phi) is 63.0. The van der Waals surface area contributed by atoms with Gasteiger partial charge < -0.3 is 0 Å². The third-order valence-corrected chi connectivity index (χ3v) is 21.3. The zero-order chi connectivity index (χ0) is 93.4. The lowest BCUT2D eigenvalue weighted by molar-refractivity contribution is 0.660. The van der Waals surface area contributed by atoms with E-state index in [1.807, 2.05) is 171 Å². The van der Waals surface area contributed by atoms with Crippen molar-refractivity contribution in [3.05, 3.63) is 391 Å². The number of rotatable bonds is 0. The van der Waals surface area contributed by atoms with Crippen molar-refractivity contribution in [2.24, 2.45) is 0 Å². The van der Waals surface area contributed by atoms with Crippen LogP contribution in [0.5, 0.6) is 0 Å². The number of fused-ring (bicyclic) bond motifs is 12. The minimum absolute atomic E-state index is 0.151. The molecular formula is C124H174. The second-order valence-electron chi connectivity index (χ2n) is 29.6. The Hall–Kier alpha value is -9.88. The monoisotopic (exact) mass is 1660 g/mol. The maximum atomic E-state index is 2.34. The van der Waals surface area contributed by atoms with E-state index in [2.05, 4.69) is 343 Å². The van der Waals surface area contributed by atoms with Crippen LogP contribution in [0.15, 0.2) is 285 Å². The summed E-state index contributed by atoms with van der Waals surface area (Å²) in [7, 11) is 0. The summed E-state index contributed by atoms with van der Waals surface area (Å²) in [6.45, 7) is 68.1. The summed E-state index contributed by atoms with van der Waals surface area (Å²) >= 11 is 0. The smallest absolute Gasteiger partial charge is 0.0158 e. The molecule has 0 spiro atoms. The van der Waals surface area contributed by atoms with Crippen LogP contribution in [-0.2, 0) is 56.8 Å². The first-order valence-corrected chi connectivity index (χ1v) is 48.9. The molecule has 0 atom stereocenters. The summed E-state index contributed by atoms with van der Waals surface area (Å²) in [5.74, 6) is 0. The molecule has 0 saturated heterocycles. The zero-order valence-electron chi connectivity index (χ0n) is 85.0. The fourth-order valence-electron chi connectivity index (χ4n) is 15.6. The van der Waals surface area contributed by atoms with Gasteiger partial charge in [0, 0.05) is 5.41 Å². The van der Waals surface area contributed by atoms with Gasteiger partial charge in [0.2, 0.25) is 0 Å². The molecule has 0 N–H and O–H groups in total. The number of benzene rings is 14. The van der Waals surface area contributed by atoms with Gasteiger partial charge in [-0.2, -0.15) is 0 Å². The Labute approximate surface area is 763 Å². The van der Waals surface area contributed by atoms with Crippen LogP contribution in [0.4, 0.5) is 0 Å². The molecule has 0 fully saturated rings. The van der Waals surface area contributed by atoms with Crippen LogP contribution in [0.2, 0.25) is 0 Å². The van der Waals surface area contributed by atoms with Gasteiger partial charge in [-0.1, -0.05) is 479 Å². The summed E-state index contributed by atoms with van der Waals surface area (Å²) in [5.41, 5.74) is 31.1. The van der Waals surface area contributed by atoms with Crippen molar-refractivity contribution in [2.45, 2.75) is 324 Å². The van der Waals surface area contributed by atoms with Crippen molar-refractivity contribution in [3.8, 4) is 11.1 Å². The van der Waals surface area contributed by atoms with Crippen LogP contribution in [0.25, 0.3) is 54.2 Å². The Bertz CT molecular complexity index is 5060. The summed E-state index contributed by atoms with van der Waals surface area (Å²) in [4.78, 5) is 0. The molecule has 0 aromatic heterocycles. The average molecular weight is 1660 g/mol. The van der Waals surface area contributed by atoms with E-state index in [4.69, 9.17) is 0 Å². The van der Waals surface area contributed by atoms with Crippen molar-refractivity contribution >= 4 is 43.1 Å². The number of hydrogen-bond acceptors (Lipinski definition) is 0. The lowest BCUT2D eigenvalue weighted by Crippen LogP contribution is -2.14. The molecule has 14 aromatic carbocycles. The highest BCUT2D eigenvalue weighted by Crippen LogP contribution is 2.48. The van der Waals surface area contributed by atoms with Gasteiger partial charge in [0.05, 0.1) is 0 Å². The van der Waals surface area contributed by atoms with Crippen molar-refractivity contribution in [1.29, 1.82) is 0 Å². The van der Waals surface area contributed by atoms with E-state index in [0.29, 0.717) is 0 Å². The number of hydrogen-bond donors (Lipinski definition) is 0. The predicted molar refractivity (Wildman–Crippen MR) is 570 cm³/mol. The van der Waals surface area contributed by atoms with Crippen LogP contribution in [-0.4, -0.2) is 0 Å². The Morgan fingerprint density at radius 2 is 0.524 bits per heavy atom. The summed E-state index contributed by atoms with van der Waals surface area (Å²) in [6, 6.07) is 102. The van der Waals surface area contributed by atoms with Gasteiger partial charge >= 0.3 is 0 Å². The molecule has 19 rings (SSSR count).